The minimum atomic E-state index is -0.0674. The van der Waals surface area contributed by atoms with Gasteiger partial charge in [-0.1, -0.05) is 12.1 Å². The third-order valence-corrected chi connectivity index (χ3v) is 5.36. The summed E-state index contributed by atoms with van der Waals surface area (Å²) in [6.07, 6.45) is 2.43. The third-order valence-electron chi connectivity index (χ3n) is 5.36. The molecular formula is C20H21N7O. The first-order valence-corrected chi connectivity index (χ1v) is 9.43. The number of hydrogen-bond acceptors (Lipinski definition) is 4. The van der Waals surface area contributed by atoms with Crippen molar-refractivity contribution in [1.29, 1.82) is 0 Å². The summed E-state index contributed by atoms with van der Waals surface area (Å²) >= 11 is 0. The fourth-order valence-electron chi connectivity index (χ4n) is 4.04. The van der Waals surface area contributed by atoms with Crippen LogP contribution in [0.4, 0.5) is 5.82 Å². The quantitative estimate of drug-likeness (QED) is 0.575. The number of carbonyl (C=O) groups is 1. The Morgan fingerprint density at radius 1 is 1.18 bits per heavy atom. The van der Waals surface area contributed by atoms with Crippen LogP contribution in [-0.2, 0) is 11.3 Å². The Morgan fingerprint density at radius 2 is 2.00 bits per heavy atom. The maximum atomic E-state index is 12.6. The summed E-state index contributed by atoms with van der Waals surface area (Å²) < 4.78 is 3.62. The van der Waals surface area contributed by atoms with Crippen molar-refractivity contribution in [3.63, 3.8) is 0 Å². The lowest BCUT2D eigenvalue weighted by molar-refractivity contribution is -0.116. The largest absolute Gasteiger partial charge is 0.322 e. The molecule has 0 bridgehead atoms. The number of nitrogens with one attached hydrogen (secondary N) is 2. The number of fused-ring (bicyclic) bond motifs is 2. The maximum Gasteiger partial charge on any atom is 0.231 e. The number of hydrogen-bond donors (Lipinski definition) is 2. The van der Waals surface area contributed by atoms with Crippen LogP contribution in [0.25, 0.3) is 17.0 Å². The Labute approximate surface area is 161 Å². The van der Waals surface area contributed by atoms with Crippen molar-refractivity contribution < 1.29 is 4.79 Å². The van der Waals surface area contributed by atoms with E-state index in [1.54, 1.807) is 4.68 Å². The molecule has 8 heteroatoms. The smallest absolute Gasteiger partial charge is 0.231 e. The highest BCUT2D eigenvalue weighted by Gasteiger charge is 2.34. The van der Waals surface area contributed by atoms with E-state index < -0.39 is 0 Å². The van der Waals surface area contributed by atoms with Crippen LogP contribution in [0.15, 0.2) is 30.5 Å². The number of carbonyl (C=O) groups excluding carboxylic acids is 1. The molecule has 0 fully saturated rings. The summed E-state index contributed by atoms with van der Waals surface area (Å²) in [5.74, 6) is 1.18. The minimum absolute atomic E-state index is 0.0293. The first-order valence-electron chi connectivity index (χ1n) is 9.43. The van der Waals surface area contributed by atoms with E-state index in [4.69, 9.17) is 5.10 Å². The maximum absolute atomic E-state index is 12.6. The zero-order valence-corrected chi connectivity index (χ0v) is 16.0. The molecule has 0 unspecified atom stereocenters. The SMILES string of the molecule is CCn1cc([C@@H]2CC(=O)Nc3c2c(C)nn3-c2nc3ccccc3[nH]2)c(C)n1. The number of H-pyrrole nitrogens is 1. The number of aromatic nitrogens is 6. The van der Waals surface area contributed by atoms with Crippen LogP contribution in [0, 0.1) is 13.8 Å². The fraction of sp³-hybridized carbons (Fsp3) is 0.300. The van der Waals surface area contributed by atoms with Crippen molar-refractivity contribution in [3.05, 3.63) is 53.0 Å². The van der Waals surface area contributed by atoms with Gasteiger partial charge >= 0.3 is 0 Å². The van der Waals surface area contributed by atoms with Crippen molar-refractivity contribution in [2.45, 2.75) is 39.7 Å². The Morgan fingerprint density at radius 3 is 2.75 bits per heavy atom. The van der Waals surface area contributed by atoms with Gasteiger partial charge in [-0.3, -0.25) is 9.48 Å². The highest BCUT2D eigenvalue weighted by molar-refractivity contribution is 5.95. The number of amides is 1. The Bertz CT molecular complexity index is 1180. The van der Waals surface area contributed by atoms with Crippen molar-refractivity contribution in [2.24, 2.45) is 0 Å². The van der Waals surface area contributed by atoms with E-state index in [0.717, 1.165) is 40.1 Å². The normalized spacial score (nSPS) is 16.4. The van der Waals surface area contributed by atoms with Gasteiger partial charge in [0.05, 0.1) is 22.4 Å². The third kappa shape index (κ3) is 2.45. The van der Waals surface area contributed by atoms with Crippen LogP contribution in [0.2, 0.25) is 0 Å². The van der Waals surface area contributed by atoms with Gasteiger partial charge in [0.2, 0.25) is 11.9 Å². The van der Waals surface area contributed by atoms with Gasteiger partial charge in [0.1, 0.15) is 5.82 Å². The van der Waals surface area contributed by atoms with Crippen molar-refractivity contribution >= 4 is 22.8 Å². The van der Waals surface area contributed by atoms with Gasteiger partial charge in [0.25, 0.3) is 0 Å². The molecule has 1 aliphatic heterocycles. The van der Waals surface area contributed by atoms with Gasteiger partial charge in [-0.15, -0.1) is 0 Å². The van der Waals surface area contributed by atoms with E-state index in [1.165, 1.54) is 0 Å². The molecule has 0 radical (unpaired) electrons. The predicted molar refractivity (Wildman–Crippen MR) is 106 cm³/mol. The molecule has 28 heavy (non-hydrogen) atoms. The van der Waals surface area contributed by atoms with E-state index in [2.05, 4.69) is 27.3 Å². The standard InChI is InChI=1S/C20H21N7O/c1-4-26-10-14(11(2)24-26)13-9-17(28)23-19-18(13)12(3)25-27(19)20-21-15-7-5-6-8-16(15)22-20/h5-8,10,13H,4,9H2,1-3H3,(H,21,22)(H,23,28)/t13-/m0/s1. The second-order valence-electron chi connectivity index (χ2n) is 7.17. The van der Waals surface area contributed by atoms with Gasteiger partial charge < -0.3 is 10.3 Å². The van der Waals surface area contributed by atoms with Crippen LogP contribution in [0.1, 0.15) is 41.8 Å². The van der Waals surface area contributed by atoms with E-state index in [9.17, 15) is 4.79 Å². The molecule has 0 spiro atoms. The number of imidazole rings is 1. The van der Waals surface area contributed by atoms with Gasteiger partial charge in [-0.25, -0.2) is 4.98 Å². The lowest BCUT2D eigenvalue weighted by Crippen LogP contribution is -2.25. The van der Waals surface area contributed by atoms with E-state index in [0.29, 0.717) is 18.2 Å². The lowest BCUT2D eigenvalue weighted by Gasteiger charge is -2.23. The predicted octanol–water partition coefficient (Wildman–Crippen LogP) is 3.06. The summed E-state index contributed by atoms with van der Waals surface area (Å²) in [5.41, 5.74) is 5.72. The highest BCUT2D eigenvalue weighted by atomic mass is 16.1. The molecule has 4 heterocycles. The Kier molecular flexibility index (Phi) is 3.61. The molecule has 1 atom stereocenters. The zero-order valence-electron chi connectivity index (χ0n) is 16.0. The highest BCUT2D eigenvalue weighted by Crippen LogP contribution is 2.40. The molecule has 5 rings (SSSR count). The van der Waals surface area contributed by atoms with Crippen LogP contribution < -0.4 is 5.32 Å². The summed E-state index contributed by atoms with van der Waals surface area (Å²) in [6.45, 7) is 6.82. The molecule has 1 amide bonds. The van der Waals surface area contributed by atoms with Crippen LogP contribution in [0.3, 0.4) is 0 Å². The Balaban J connectivity index is 1.68. The first-order chi connectivity index (χ1) is 13.5. The number of rotatable bonds is 3. The summed E-state index contributed by atoms with van der Waals surface area (Å²) in [4.78, 5) is 20.5. The summed E-state index contributed by atoms with van der Waals surface area (Å²) in [7, 11) is 0. The molecule has 2 N–H and O–H groups in total. The van der Waals surface area contributed by atoms with E-state index >= 15 is 0 Å². The van der Waals surface area contributed by atoms with Crippen molar-refractivity contribution in [1.82, 2.24) is 29.5 Å². The fourth-order valence-corrected chi connectivity index (χ4v) is 4.04. The molecule has 142 valence electrons. The number of nitrogens with zero attached hydrogens (tertiary/aromatic N) is 5. The molecule has 0 saturated heterocycles. The number of anilines is 1. The number of aromatic amines is 1. The molecule has 8 nitrogen and oxygen atoms in total. The first kappa shape index (κ1) is 16.7. The lowest BCUT2D eigenvalue weighted by atomic mass is 9.86. The van der Waals surface area contributed by atoms with Crippen molar-refractivity contribution in [3.8, 4) is 5.95 Å². The average molecular weight is 375 g/mol. The molecule has 1 aliphatic rings. The molecule has 4 aromatic rings. The van der Waals surface area contributed by atoms with Crippen LogP contribution in [-0.4, -0.2) is 35.4 Å². The number of benzene rings is 1. The van der Waals surface area contributed by atoms with Gasteiger partial charge in [0, 0.05) is 36.2 Å². The van der Waals surface area contributed by atoms with E-state index in [-0.39, 0.29) is 11.8 Å². The Hall–Kier alpha value is -3.42. The molecule has 0 aliphatic carbocycles. The molecule has 0 saturated carbocycles. The number of aryl methyl sites for hydroxylation is 3. The summed E-state index contributed by atoms with van der Waals surface area (Å²) in [6, 6.07) is 7.82. The monoisotopic (exact) mass is 375 g/mol. The zero-order chi connectivity index (χ0) is 19.4. The van der Waals surface area contributed by atoms with Crippen LogP contribution >= 0.6 is 0 Å². The van der Waals surface area contributed by atoms with Gasteiger partial charge in [0.15, 0.2) is 0 Å². The minimum Gasteiger partial charge on any atom is -0.322 e. The van der Waals surface area contributed by atoms with Gasteiger partial charge in [-0.2, -0.15) is 14.9 Å². The van der Waals surface area contributed by atoms with Crippen LogP contribution in [0.5, 0.6) is 0 Å². The average Bonchev–Trinajstić information content (AvgIpc) is 3.36. The topological polar surface area (TPSA) is 93.4 Å². The molecule has 3 aromatic heterocycles. The molecular weight excluding hydrogens is 354 g/mol. The second-order valence-corrected chi connectivity index (χ2v) is 7.17. The van der Waals surface area contributed by atoms with Gasteiger partial charge in [-0.05, 0) is 32.9 Å². The molecule has 1 aromatic carbocycles. The number of para-hydroxylation sites is 2. The second kappa shape index (κ2) is 6.05. The van der Waals surface area contributed by atoms with E-state index in [1.807, 2.05) is 49.0 Å². The van der Waals surface area contributed by atoms with Crippen molar-refractivity contribution in [2.75, 3.05) is 5.32 Å². The summed E-state index contributed by atoms with van der Waals surface area (Å²) in [5, 5.41) is 12.3.